The van der Waals surface area contributed by atoms with Crippen molar-refractivity contribution in [2.75, 3.05) is 20.8 Å². The van der Waals surface area contributed by atoms with Crippen LogP contribution in [0.15, 0.2) is 66.7 Å². The average molecular weight is 449 g/mol. The highest BCUT2D eigenvalue weighted by atomic mass is 19.1. The zero-order valence-corrected chi connectivity index (χ0v) is 19.0. The first-order chi connectivity index (χ1) is 16.0. The number of carbonyl (C=O) groups is 1. The van der Waals surface area contributed by atoms with E-state index in [0.29, 0.717) is 36.4 Å². The lowest BCUT2D eigenvalue weighted by molar-refractivity contribution is -0.124. The molecule has 0 bridgehead atoms. The minimum Gasteiger partial charge on any atom is -0.493 e. The highest BCUT2D eigenvalue weighted by molar-refractivity contribution is 5.81. The van der Waals surface area contributed by atoms with Gasteiger partial charge in [-0.25, -0.2) is 4.39 Å². The lowest BCUT2D eigenvalue weighted by Crippen LogP contribution is -2.44. The Balaban J connectivity index is 1.77. The fraction of sp³-hybridized carbons (Fsp3) is 0.296. The number of nitrogens with zero attached hydrogens (tertiary/aromatic N) is 1. The Morgan fingerprint density at radius 2 is 1.73 bits per heavy atom. The molecule has 1 heterocycles. The van der Waals surface area contributed by atoms with E-state index in [1.807, 2.05) is 48.5 Å². The van der Waals surface area contributed by atoms with Crippen molar-refractivity contribution in [1.29, 1.82) is 0 Å². The van der Waals surface area contributed by atoms with Crippen LogP contribution in [0.2, 0.25) is 0 Å². The number of nitrogens with two attached hydrogens (primary N) is 1. The molecule has 0 saturated heterocycles. The Bertz CT molecular complexity index is 1120. The second-order valence-electron chi connectivity index (χ2n) is 8.26. The third-order valence-corrected chi connectivity index (χ3v) is 6.41. The van der Waals surface area contributed by atoms with E-state index < -0.39 is 11.9 Å². The molecule has 4 rings (SSSR count). The molecular formula is C27H29FN2O3. The number of primary amides is 1. The molecule has 5 nitrogen and oxygen atoms in total. The summed E-state index contributed by atoms with van der Waals surface area (Å²) in [5, 5.41) is 0. The molecule has 0 spiro atoms. The Labute approximate surface area is 193 Å². The van der Waals surface area contributed by atoms with Crippen molar-refractivity contribution in [2.45, 2.75) is 31.3 Å². The molecule has 2 atom stereocenters. The van der Waals surface area contributed by atoms with Crippen LogP contribution in [0.1, 0.15) is 40.8 Å². The van der Waals surface area contributed by atoms with Crippen molar-refractivity contribution >= 4 is 5.91 Å². The Morgan fingerprint density at radius 3 is 2.39 bits per heavy atom. The average Bonchev–Trinajstić information content (AvgIpc) is 2.83. The van der Waals surface area contributed by atoms with E-state index in [1.54, 1.807) is 26.4 Å². The first kappa shape index (κ1) is 22.8. The fourth-order valence-corrected chi connectivity index (χ4v) is 4.83. The van der Waals surface area contributed by atoms with Gasteiger partial charge < -0.3 is 15.2 Å². The van der Waals surface area contributed by atoms with E-state index in [2.05, 4.69) is 4.90 Å². The number of halogens is 1. The van der Waals surface area contributed by atoms with Crippen LogP contribution in [0.5, 0.6) is 11.5 Å². The molecule has 6 heteroatoms. The number of hydrogen-bond donors (Lipinski definition) is 1. The minimum absolute atomic E-state index is 0.147. The zero-order chi connectivity index (χ0) is 23.4. The Morgan fingerprint density at radius 1 is 1.06 bits per heavy atom. The second-order valence-corrected chi connectivity index (χ2v) is 8.26. The van der Waals surface area contributed by atoms with Crippen LogP contribution in [-0.4, -0.2) is 31.6 Å². The number of amides is 1. The van der Waals surface area contributed by atoms with E-state index in [0.717, 1.165) is 23.1 Å². The number of methoxy groups -OCH3 is 2. The summed E-state index contributed by atoms with van der Waals surface area (Å²) in [6, 6.07) is 19.7. The molecule has 1 aliphatic rings. The van der Waals surface area contributed by atoms with E-state index in [1.165, 1.54) is 6.07 Å². The summed E-state index contributed by atoms with van der Waals surface area (Å²) in [6.07, 6.45) is 1.89. The van der Waals surface area contributed by atoms with E-state index in [9.17, 15) is 9.18 Å². The highest BCUT2D eigenvalue weighted by Crippen LogP contribution is 2.43. The number of rotatable bonds is 8. The summed E-state index contributed by atoms with van der Waals surface area (Å²) in [7, 11) is 3.23. The summed E-state index contributed by atoms with van der Waals surface area (Å²) >= 11 is 0. The Kier molecular flexibility index (Phi) is 6.94. The number of fused-ring (bicyclic) bond motifs is 1. The van der Waals surface area contributed by atoms with Crippen molar-refractivity contribution < 1.29 is 18.7 Å². The molecule has 3 aromatic rings. The van der Waals surface area contributed by atoms with Gasteiger partial charge in [0, 0.05) is 12.6 Å². The van der Waals surface area contributed by atoms with Crippen molar-refractivity contribution in [3.8, 4) is 11.5 Å². The molecule has 172 valence electrons. The zero-order valence-electron chi connectivity index (χ0n) is 19.0. The van der Waals surface area contributed by atoms with Crippen LogP contribution >= 0.6 is 0 Å². The molecule has 0 aliphatic carbocycles. The quantitative estimate of drug-likeness (QED) is 0.547. The summed E-state index contributed by atoms with van der Waals surface area (Å²) in [5.74, 6) is 0.680. The van der Waals surface area contributed by atoms with Gasteiger partial charge in [-0.15, -0.1) is 0 Å². The molecule has 0 fully saturated rings. The van der Waals surface area contributed by atoms with Gasteiger partial charge in [0.2, 0.25) is 5.91 Å². The second kappa shape index (κ2) is 10.0. The van der Waals surface area contributed by atoms with Crippen LogP contribution < -0.4 is 15.2 Å². The van der Waals surface area contributed by atoms with Gasteiger partial charge in [-0.1, -0.05) is 48.5 Å². The maximum Gasteiger partial charge on any atom is 0.239 e. The smallest absolute Gasteiger partial charge is 0.239 e. The van der Waals surface area contributed by atoms with Crippen molar-refractivity contribution in [3.05, 3.63) is 94.8 Å². The molecule has 0 saturated carbocycles. The number of hydrogen-bond acceptors (Lipinski definition) is 4. The summed E-state index contributed by atoms with van der Waals surface area (Å²) < 4.78 is 25.4. The van der Waals surface area contributed by atoms with Gasteiger partial charge in [0.15, 0.2) is 11.5 Å². The lowest BCUT2D eigenvalue weighted by Gasteiger charge is -2.41. The van der Waals surface area contributed by atoms with Gasteiger partial charge in [-0.05, 0) is 59.7 Å². The molecule has 1 aliphatic heterocycles. The summed E-state index contributed by atoms with van der Waals surface area (Å²) in [6.45, 7) is 0.646. The number of ether oxygens (including phenoxy) is 2. The molecule has 0 aromatic heterocycles. The van der Waals surface area contributed by atoms with E-state index >= 15 is 0 Å². The van der Waals surface area contributed by atoms with Crippen molar-refractivity contribution in [2.24, 2.45) is 5.73 Å². The molecular weight excluding hydrogens is 419 g/mol. The van der Waals surface area contributed by atoms with E-state index in [-0.39, 0.29) is 11.9 Å². The molecule has 2 unspecified atom stereocenters. The maximum absolute atomic E-state index is 14.4. The summed E-state index contributed by atoms with van der Waals surface area (Å²) in [5.41, 5.74) is 9.63. The van der Waals surface area contributed by atoms with Gasteiger partial charge in [-0.2, -0.15) is 0 Å². The van der Waals surface area contributed by atoms with Crippen LogP contribution in [0.25, 0.3) is 0 Å². The molecule has 2 N–H and O–H groups in total. The maximum atomic E-state index is 14.4. The number of carbonyl (C=O) groups excluding carboxylic acids is 1. The van der Waals surface area contributed by atoms with Crippen LogP contribution in [0.3, 0.4) is 0 Å². The van der Waals surface area contributed by atoms with Crippen molar-refractivity contribution in [1.82, 2.24) is 4.90 Å². The predicted molar refractivity (Wildman–Crippen MR) is 126 cm³/mol. The standard InChI is InChI=1S/C27H29FN2O3/c1-32-24-16-20-14-15-30(26(27(29)31)19-9-4-3-5-10-19)23(21(20)17-25(24)33-2)13-12-18-8-6-7-11-22(18)28/h3-11,16-17,23,26H,12-15H2,1-2H3,(H2,29,31). The topological polar surface area (TPSA) is 64.8 Å². The monoisotopic (exact) mass is 448 g/mol. The first-order valence-corrected chi connectivity index (χ1v) is 11.1. The molecule has 0 radical (unpaired) electrons. The van der Waals surface area contributed by atoms with Crippen LogP contribution in [0, 0.1) is 5.82 Å². The largest absolute Gasteiger partial charge is 0.493 e. The van der Waals surface area contributed by atoms with Crippen molar-refractivity contribution in [3.63, 3.8) is 0 Å². The minimum atomic E-state index is -0.585. The van der Waals surface area contributed by atoms with Gasteiger partial charge in [0.25, 0.3) is 0 Å². The van der Waals surface area contributed by atoms with Gasteiger partial charge in [0.1, 0.15) is 11.9 Å². The van der Waals surface area contributed by atoms with Gasteiger partial charge in [0.05, 0.1) is 14.2 Å². The van der Waals surface area contributed by atoms with Crippen LogP contribution in [-0.2, 0) is 17.6 Å². The van der Waals surface area contributed by atoms with Crippen LogP contribution in [0.4, 0.5) is 4.39 Å². The van der Waals surface area contributed by atoms with E-state index in [4.69, 9.17) is 15.2 Å². The fourth-order valence-electron chi connectivity index (χ4n) is 4.83. The Hall–Kier alpha value is -3.38. The number of benzene rings is 3. The third-order valence-electron chi connectivity index (χ3n) is 6.41. The number of aryl methyl sites for hydroxylation is 1. The third kappa shape index (κ3) is 4.71. The molecule has 3 aromatic carbocycles. The SMILES string of the molecule is COc1cc2c(cc1OC)C(CCc1ccccc1F)N(C(C(N)=O)c1ccccc1)CC2. The van der Waals surface area contributed by atoms with Gasteiger partial charge in [-0.3, -0.25) is 9.69 Å². The normalized spacial score (nSPS) is 16.6. The van der Waals surface area contributed by atoms with Gasteiger partial charge >= 0.3 is 0 Å². The predicted octanol–water partition coefficient (Wildman–Crippen LogP) is 4.60. The summed E-state index contributed by atoms with van der Waals surface area (Å²) in [4.78, 5) is 14.8. The molecule has 33 heavy (non-hydrogen) atoms. The lowest BCUT2D eigenvalue weighted by atomic mass is 9.86. The first-order valence-electron chi connectivity index (χ1n) is 11.1. The highest BCUT2D eigenvalue weighted by Gasteiger charge is 2.36. The molecule has 1 amide bonds.